The summed E-state index contributed by atoms with van der Waals surface area (Å²) in [5.74, 6) is -0.367. The van der Waals surface area contributed by atoms with Crippen LogP contribution in [0.2, 0.25) is 0 Å². The maximum absolute atomic E-state index is 11.9. The molecule has 0 radical (unpaired) electrons. The van der Waals surface area contributed by atoms with Gasteiger partial charge in [0.1, 0.15) is 6.61 Å². The lowest BCUT2D eigenvalue weighted by molar-refractivity contribution is -0.142. The topological polar surface area (TPSA) is 76.5 Å². The summed E-state index contributed by atoms with van der Waals surface area (Å²) in [5.41, 5.74) is 1.62. The Labute approximate surface area is 107 Å². The number of benzene rings is 1. The average molecular weight is 257 g/mol. The van der Waals surface area contributed by atoms with Gasteiger partial charge in [0.05, 0.1) is 16.7 Å². The highest BCUT2D eigenvalue weighted by atomic mass is 16.5. The summed E-state index contributed by atoms with van der Waals surface area (Å²) < 4.78 is 6.25. The fourth-order valence-corrected chi connectivity index (χ4v) is 2.01. The molecule has 6 heteroatoms. The van der Waals surface area contributed by atoms with Crippen LogP contribution in [-0.2, 0) is 16.1 Å². The maximum atomic E-state index is 11.9. The molecule has 2 aromatic heterocycles. The molecule has 0 aliphatic rings. The molecule has 0 spiro atoms. The van der Waals surface area contributed by atoms with Crippen LogP contribution in [-0.4, -0.2) is 20.6 Å². The van der Waals surface area contributed by atoms with Crippen molar-refractivity contribution in [2.45, 2.75) is 13.5 Å². The van der Waals surface area contributed by atoms with Gasteiger partial charge in [-0.25, -0.2) is 9.31 Å². The third-order valence-corrected chi connectivity index (χ3v) is 2.83. The summed E-state index contributed by atoms with van der Waals surface area (Å²) in [6.07, 6.45) is 0. The van der Waals surface area contributed by atoms with Gasteiger partial charge in [0.25, 0.3) is 0 Å². The number of H-pyrrole nitrogens is 1. The van der Waals surface area contributed by atoms with E-state index in [9.17, 15) is 9.59 Å². The summed E-state index contributed by atoms with van der Waals surface area (Å²) in [7, 11) is 0. The van der Waals surface area contributed by atoms with Gasteiger partial charge < -0.3 is 4.74 Å². The SMILES string of the molecule is CC(=O)OCc1cc2c3ccccc3nc(=O)n2[nH]1. The Morgan fingerprint density at radius 2 is 2.21 bits per heavy atom. The van der Waals surface area contributed by atoms with E-state index in [-0.39, 0.29) is 18.3 Å². The number of rotatable bonds is 2. The summed E-state index contributed by atoms with van der Waals surface area (Å²) >= 11 is 0. The predicted octanol–water partition coefficient (Wildman–Crippen LogP) is 1.24. The van der Waals surface area contributed by atoms with E-state index in [1.165, 1.54) is 11.4 Å². The molecule has 2 heterocycles. The van der Waals surface area contributed by atoms with E-state index in [1.807, 2.05) is 18.2 Å². The van der Waals surface area contributed by atoms with E-state index >= 15 is 0 Å². The van der Waals surface area contributed by atoms with Gasteiger partial charge in [0, 0.05) is 12.3 Å². The first-order valence-electron chi connectivity index (χ1n) is 5.78. The van der Waals surface area contributed by atoms with Crippen LogP contribution in [0.4, 0.5) is 0 Å². The molecule has 0 aliphatic carbocycles. The number of para-hydroxylation sites is 1. The van der Waals surface area contributed by atoms with Crippen molar-refractivity contribution in [2.75, 3.05) is 0 Å². The third kappa shape index (κ3) is 1.97. The van der Waals surface area contributed by atoms with Gasteiger partial charge in [0.2, 0.25) is 0 Å². The molecule has 0 atom stereocenters. The molecule has 3 rings (SSSR count). The largest absolute Gasteiger partial charge is 0.459 e. The van der Waals surface area contributed by atoms with Crippen molar-refractivity contribution in [1.29, 1.82) is 0 Å². The van der Waals surface area contributed by atoms with E-state index in [0.29, 0.717) is 11.2 Å². The number of aromatic nitrogens is 3. The van der Waals surface area contributed by atoms with Crippen molar-refractivity contribution in [3.63, 3.8) is 0 Å². The number of hydrogen-bond donors (Lipinski definition) is 1. The Bertz CT molecular complexity index is 832. The van der Waals surface area contributed by atoms with Gasteiger partial charge in [-0.2, -0.15) is 4.98 Å². The fraction of sp³-hybridized carbons (Fsp3) is 0.154. The lowest BCUT2D eigenvalue weighted by atomic mass is 10.2. The van der Waals surface area contributed by atoms with Crippen molar-refractivity contribution in [3.8, 4) is 0 Å². The minimum absolute atomic E-state index is 0.102. The van der Waals surface area contributed by atoms with Crippen molar-refractivity contribution < 1.29 is 9.53 Å². The Morgan fingerprint density at radius 3 is 3.00 bits per heavy atom. The number of hydrogen-bond acceptors (Lipinski definition) is 4. The first kappa shape index (κ1) is 11.5. The second-order valence-electron chi connectivity index (χ2n) is 4.19. The van der Waals surface area contributed by atoms with Crippen LogP contribution in [0.15, 0.2) is 35.1 Å². The van der Waals surface area contributed by atoms with Gasteiger partial charge in [-0.3, -0.25) is 9.89 Å². The minimum atomic E-state index is -0.386. The molecule has 0 saturated heterocycles. The summed E-state index contributed by atoms with van der Waals surface area (Å²) in [6.45, 7) is 1.44. The van der Waals surface area contributed by atoms with Crippen LogP contribution in [0.1, 0.15) is 12.6 Å². The Hall–Kier alpha value is -2.63. The van der Waals surface area contributed by atoms with Gasteiger partial charge in [-0.15, -0.1) is 0 Å². The van der Waals surface area contributed by atoms with E-state index < -0.39 is 0 Å². The van der Waals surface area contributed by atoms with Crippen LogP contribution in [0.3, 0.4) is 0 Å². The van der Waals surface area contributed by atoms with Crippen LogP contribution in [0.5, 0.6) is 0 Å². The highest BCUT2D eigenvalue weighted by Crippen LogP contribution is 2.17. The minimum Gasteiger partial charge on any atom is -0.459 e. The lowest BCUT2D eigenvalue weighted by Crippen LogP contribution is -2.17. The second kappa shape index (κ2) is 4.24. The molecule has 0 saturated carbocycles. The number of fused-ring (bicyclic) bond motifs is 3. The number of carbonyl (C=O) groups is 1. The zero-order valence-corrected chi connectivity index (χ0v) is 10.2. The highest BCUT2D eigenvalue weighted by Gasteiger charge is 2.08. The zero-order chi connectivity index (χ0) is 13.4. The van der Waals surface area contributed by atoms with Crippen molar-refractivity contribution in [3.05, 3.63) is 46.5 Å². The monoisotopic (exact) mass is 257 g/mol. The van der Waals surface area contributed by atoms with Gasteiger partial charge in [-0.1, -0.05) is 18.2 Å². The van der Waals surface area contributed by atoms with Crippen molar-refractivity contribution >= 4 is 22.4 Å². The Kier molecular flexibility index (Phi) is 2.56. The van der Waals surface area contributed by atoms with Gasteiger partial charge in [0.15, 0.2) is 0 Å². The molecule has 0 bridgehead atoms. The molecule has 1 aromatic carbocycles. The number of nitrogens with zero attached hydrogens (tertiary/aromatic N) is 2. The van der Waals surface area contributed by atoms with E-state index in [0.717, 1.165) is 10.9 Å². The maximum Gasteiger partial charge on any atom is 0.367 e. The Balaban J connectivity index is 2.21. The molecule has 1 N–H and O–H groups in total. The van der Waals surface area contributed by atoms with E-state index in [4.69, 9.17) is 4.74 Å². The van der Waals surface area contributed by atoms with Crippen LogP contribution in [0.25, 0.3) is 16.4 Å². The molecule has 96 valence electrons. The first-order chi connectivity index (χ1) is 9.15. The van der Waals surface area contributed by atoms with Gasteiger partial charge >= 0.3 is 11.7 Å². The number of ether oxygens (including phenoxy) is 1. The Morgan fingerprint density at radius 1 is 1.42 bits per heavy atom. The summed E-state index contributed by atoms with van der Waals surface area (Å²) in [4.78, 5) is 26.6. The molecule has 19 heavy (non-hydrogen) atoms. The predicted molar refractivity (Wildman–Crippen MR) is 68.8 cm³/mol. The van der Waals surface area contributed by atoms with Crippen molar-refractivity contribution in [1.82, 2.24) is 14.6 Å². The smallest absolute Gasteiger partial charge is 0.367 e. The van der Waals surface area contributed by atoms with E-state index in [1.54, 1.807) is 12.1 Å². The van der Waals surface area contributed by atoms with Gasteiger partial charge in [-0.05, 0) is 12.1 Å². The second-order valence-corrected chi connectivity index (χ2v) is 4.19. The average Bonchev–Trinajstić information content (AvgIpc) is 2.81. The van der Waals surface area contributed by atoms with E-state index in [2.05, 4.69) is 10.1 Å². The zero-order valence-electron chi connectivity index (χ0n) is 10.2. The quantitative estimate of drug-likeness (QED) is 0.701. The highest BCUT2D eigenvalue weighted by molar-refractivity contribution is 5.93. The number of nitrogens with one attached hydrogen (secondary N) is 1. The van der Waals surface area contributed by atoms with Crippen LogP contribution < -0.4 is 5.69 Å². The first-order valence-corrected chi connectivity index (χ1v) is 5.78. The van der Waals surface area contributed by atoms with Crippen molar-refractivity contribution in [2.24, 2.45) is 0 Å². The molecule has 0 aliphatic heterocycles. The molecule has 0 unspecified atom stereocenters. The number of aromatic amines is 1. The molecule has 0 fully saturated rings. The molecular weight excluding hydrogens is 246 g/mol. The van der Waals surface area contributed by atoms with Crippen LogP contribution in [0, 0.1) is 0 Å². The standard InChI is InChI=1S/C13H11N3O3/c1-8(17)19-7-9-6-12-10-4-2-3-5-11(10)14-13(18)16(12)15-9/h2-6,15H,7H2,1H3. The fourth-order valence-electron chi connectivity index (χ4n) is 2.01. The molecule has 6 nitrogen and oxygen atoms in total. The molecule has 3 aromatic rings. The number of carbonyl (C=O) groups excluding carboxylic acids is 1. The summed E-state index contributed by atoms with van der Waals surface area (Å²) in [5, 5.41) is 3.74. The van der Waals surface area contributed by atoms with Crippen LogP contribution >= 0.6 is 0 Å². The molecule has 0 amide bonds. The molecular formula is C13H11N3O3. The third-order valence-electron chi connectivity index (χ3n) is 2.83. The lowest BCUT2D eigenvalue weighted by Gasteiger charge is -1.98. The normalized spacial score (nSPS) is 11.0. The number of esters is 1. The summed E-state index contributed by atoms with van der Waals surface area (Å²) in [6, 6.07) is 9.18.